The summed E-state index contributed by atoms with van der Waals surface area (Å²) >= 11 is 1.38. The first-order valence-corrected chi connectivity index (χ1v) is 8.49. The zero-order valence-corrected chi connectivity index (χ0v) is 14.0. The molecular formula is C17H15N3O4S. The van der Waals surface area contributed by atoms with Gasteiger partial charge in [0.05, 0.1) is 4.88 Å². The average molecular weight is 357 g/mol. The number of esters is 1. The maximum absolute atomic E-state index is 11.8. The molecule has 0 atom stereocenters. The number of hydrogen-bond acceptors (Lipinski definition) is 7. The van der Waals surface area contributed by atoms with Crippen LogP contribution in [-0.2, 0) is 4.79 Å². The van der Waals surface area contributed by atoms with Crippen LogP contribution in [-0.4, -0.2) is 28.6 Å². The van der Waals surface area contributed by atoms with Gasteiger partial charge in [0.1, 0.15) is 5.75 Å². The summed E-state index contributed by atoms with van der Waals surface area (Å²) < 4.78 is 10.3. The lowest BCUT2D eigenvalue weighted by Crippen LogP contribution is -2.24. The largest absolute Gasteiger partial charge is 0.427 e. The van der Waals surface area contributed by atoms with Crippen LogP contribution in [0.1, 0.15) is 22.5 Å². The van der Waals surface area contributed by atoms with Gasteiger partial charge in [-0.3, -0.25) is 9.59 Å². The standard InChI is InChI=1S/C17H15N3O4S/c21-15(4-1-9-18-16(22)14-3-2-10-25-14)24-13-7-5-12(6-8-13)17-20-19-11-23-17/h2-3,5-8,10-11H,1,4,9H2,(H,18,22). The number of carbonyl (C=O) groups excluding carboxylic acids is 2. The van der Waals surface area contributed by atoms with Crippen molar-refractivity contribution in [2.45, 2.75) is 12.8 Å². The van der Waals surface area contributed by atoms with Crippen LogP contribution < -0.4 is 10.1 Å². The molecule has 0 radical (unpaired) electrons. The molecule has 1 amide bonds. The van der Waals surface area contributed by atoms with E-state index in [0.29, 0.717) is 29.5 Å². The molecule has 0 aliphatic rings. The fourth-order valence-corrected chi connectivity index (χ4v) is 2.72. The van der Waals surface area contributed by atoms with E-state index >= 15 is 0 Å². The molecule has 0 saturated carbocycles. The molecule has 0 spiro atoms. The second-order valence-electron chi connectivity index (χ2n) is 5.08. The quantitative estimate of drug-likeness (QED) is 0.397. The SMILES string of the molecule is O=C(CCCNC(=O)c1cccs1)Oc1ccc(-c2nnco2)cc1. The Morgan fingerprint density at radius 2 is 2.04 bits per heavy atom. The second-order valence-corrected chi connectivity index (χ2v) is 6.03. The summed E-state index contributed by atoms with van der Waals surface area (Å²) in [5, 5.41) is 12.0. The zero-order chi connectivity index (χ0) is 17.5. The van der Waals surface area contributed by atoms with Crippen molar-refractivity contribution in [3.63, 3.8) is 0 Å². The van der Waals surface area contributed by atoms with Crippen LogP contribution >= 0.6 is 11.3 Å². The number of amides is 1. The molecule has 0 saturated heterocycles. The Kier molecular flexibility index (Phi) is 5.53. The number of nitrogens with zero attached hydrogens (tertiary/aromatic N) is 2. The fourth-order valence-electron chi connectivity index (χ4n) is 2.08. The summed E-state index contributed by atoms with van der Waals surface area (Å²) in [6.45, 7) is 0.419. The molecule has 0 bridgehead atoms. The van der Waals surface area contributed by atoms with E-state index in [9.17, 15) is 9.59 Å². The van der Waals surface area contributed by atoms with Gasteiger partial charge in [0, 0.05) is 18.5 Å². The van der Waals surface area contributed by atoms with Gasteiger partial charge in [-0.05, 0) is 42.1 Å². The molecule has 0 unspecified atom stereocenters. The lowest BCUT2D eigenvalue weighted by atomic mass is 10.2. The molecule has 2 heterocycles. The van der Waals surface area contributed by atoms with Crippen LogP contribution in [0, 0.1) is 0 Å². The molecule has 7 nitrogen and oxygen atoms in total. The molecule has 0 aliphatic heterocycles. The van der Waals surface area contributed by atoms with Crippen LogP contribution in [0.2, 0.25) is 0 Å². The van der Waals surface area contributed by atoms with Crippen LogP contribution in [0.5, 0.6) is 5.75 Å². The molecule has 2 aromatic heterocycles. The Balaban J connectivity index is 1.40. The minimum Gasteiger partial charge on any atom is -0.427 e. The number of thiophene rings is 1. The molecule has 1 N–H and O–H groups in total. The van der Waals surface area contributed by atoms with Crippen molar-refractivity contribution in [2.75, 3.05) is 6.54 Å². The van der Waals surface area contributed by atoms with Crippen molar-refractivity contribution in [2.24, 2.45) is 0 Å². The summed E-state index contributed by atoms with van der Waals surface area (Å²) in [7, 11) is 0. The number of hydrogen-bond donors (Lipinski definition) is 1. The summed E-state index contributed by atoms with van der Waals surface area (Å²) in [6.07, 6.45) is 1.98. The van der Waals surface area contributed by atoms with E-state index in [2.05, 4.69) is 15.5 Å². The van der Waals surface area contributed by atoms with E-state index in [1.54, 1.807) is 30.3 Å². The Bertz CT molecular complexity index is 814. The van der Waals surface area contributed by atoms with Gasteiger partial charge in [-0.2, -0.15) is 0 Å². The normalized spacial score (nSPS) is 10.4. The molecule has 3 aromatic rings. The van der Waals surface area contributed by atoms with Gasteiger partial charge in [-0.15, -0.1) is 21.5 Å². The topological polar surface area (TPSA) is 94.3 Å². The number of rotatable bonds is 7. The van der Waals surface area contributed by atoms with Gasteiger partial charge in [0.2, 0.25) is 12.3 Å². The Labute approximate surface area is 147 Å². The highest BCUT2D eigenvalue weighted by Gasteiger charge is 2.09. The molecule has 128 valence electrons. The van der Waals surface area contributed by atoms with Gasteiger partial charge < -0.3 is 14.5 Å². The maximum Gasteiger partial charge on any atom is 0.311 e. The third kappa shape index (κ3) is 4.74. The minimum absolute atomic E-state index is 0.125. The summed E-state index contributed by atoms with van der Waals surface area (Å²) in [5.74, 6) is 0.367. The summed E-state index contributed by atoms with van der Waals surface area (Å²) in [5.41, 5.74) is 0.744. The van der Waals surface area contributed by atoms with Crippen molar-refractivity contribution in [3.8, 4) is 17.2 Å². The number of aromatic nitrogens is 2. The maximum atomic E-state index is 11.8. The van der Waals surface area contributed by atoms with Crippen LogP contribution in [0.3, 0.4) is 0 Å². The van der Waals surface area contributed by atoms with E-state index < -0.39 is 0 Å². The third-order valence-electron chi connectivity index (χ3n) is 3.28. The smallest absolute Gasteiger partial charge is 0.311 e. The first-order chi connectivity index (χ1) is 12.2. The average Bonchev–Trinajstić information content (AvgIpc) is 3.32. The summed E-state index contributed by atoms with van der Waals surface area (Å²) in [4.78, 5) is 24.2. The molecule has 0 fully saturated rings. The van der Waals surface area contributed by atoms with E-state index in [4.69, 9.17) is 9.15 Å². The lowest BCUT2D eigenvalue weighted by molar-refractivity contribution is -0.134. The highest BCUT2D eigenvalue weighted by molar-refractivity contribution is 7.12. The van der Waals surface area contributed by atoms with Gasteiger partial charge >= 0.3 is 5.97 Å². The second kappa shape index (κ2) is 8.20. The number of ether oxygens (including phenoxy) is 1. The molecule has 0 aliphatic carbocycles. The number of nitrogens with one attached hydrogen (secondary N) is 1. The summed E-state index contributed by atoms with van der Waals surface area (Å²) in [6, 6.07) is 10.4. The highest BCUT2D eigenvalue weighted by atomic mass is 32.1. The number of carbonyl (C=O) groups is 2. The third-order valence-corrected chi connectivity index (χ3v) is 4.15. The Hall–Kier alpha value is -3.00. The van der Waals surface area contributed by atoms with Crippen molar-refractivity contribution in [1.29, 1.82) is 0 Å². The van der Waals surface area contributed by atoms with E-state index in [1.807, 2.05) is 11.4 Å². The van der Waals surface area contributed by atoms with E-state index in [-0.39, 0.29) is 18.3 Å². The molecular weight excluding hydrogens is 342 g/mol. The van der Waals surface area contributed by atoms with Gasteiger partial charge in [0.25, 0.3) is 5.91 Å². The molecule has 3 rings (SSSR count). The fraction of sp³-hybridized carbons (Fsp3) is 0.176. The van der Waals surface area contributed by atoms with Gasteiger partial charge in [0.15, 0.2) is 0 Å². The van der Waals surface area contributed by atoms with Crippen LogP contribution in [0.4, 0.5) is 0 Å². The van der Waals surface area contributed by atoms with Crippen molar-refractivity contribution < 1.29 is 18.7 Å². The van der Waals surface area contributed by atoms with E-state index in [1.165, 1.54) is 17.7 Å². The van der Waals surface area contributed by atoms with Gasteiger partial charge in [-0.1, -0.05) is 6.07 Å². The van der Waals surface area contributed by atoms with E-state index in [0.717, 1.165) is 5.56 Å². The Morgan fingerprint density at radius 3 is 2.72 bits per heavy atom. The van der Waals surface area contributed by atoms with Gasteiger partial charge in [-0.25, -0.2) is 0 Å². The van der Waals surface area contributed by atoms with Crippen molar-refractivity contribution in [1.82, 2.24) is 15.5 Å². The molecule has 1 aromatic carbocycles. The van der Waals surface area contributed by atoms with Crippen molar-refractivity contribution >= 4 is 23.2 Å². The monoisotopic (exact) mass is 357 g/mol. The first kappa shape index (κ1) is 16.8. The first-order valence-electron chi connectivity index (χ1n) is 7.61. The highest BCUT2D eigenvalue weighted by Crippen LogP contribution is 2.20. The minimum atomic E-state index is -0.351. The van der Waals surface area contributed by atoms with Crippen molar-refractivity contribution in [3.05, 3.63) is 53.0 Å². The molecule has 25 heavy (non-hydrogen) atoms. The van der Waals surface area contributed by atoms with Crippen LogP contribution in [0.15, 0.2) is 52.6 Å². The number of benzene rings is 1. The Morgan fingerprint density at radius 1 is 1.20 bits per heavy atom. The predicted molar refractivity (Wildman–Crippen MR) is 91.3 cm³/mol. The molecule has 8 heteroatoms. The predicted octanol–water partition coefficient (Wildman–Crippen LogP) is 2.91. The zero-order valence-electron chi connectivity index (χ0n) is 13.2. The lowest BCUT2D eigenvalue weighted by Gasteiger charge is -2.05. The van der Waals surface area contributed by atoms with Crippen LogP contribution in [0.25, 0.3) is 11.5 Å².